The Kier molecular flexibility index (Phi) is 7.75. The number of halogens is 1. The van der Waals surface area contributed by atoms with E-state index < -0.39 is 0 Å². The van der Waals surface area contributed by atoms with Gasteiger partial charge in [0.05, 0.1) is 18.4 Å². The summed E-state index contributed by atoms with van der Waals surface area (Å²) < 4.78 is 18.5. The number of amides is 2. The van der Waals surface area contributed by atoms with Gasteiger partial charge in [-0.25, -0.2) is 9.40 Å². The molecular weight excluding hydrogens is 409 g/mol. The van der Waals surface area contributed by atoms with Crippen LogP contribution in [0.3, 0.4) is 0 Å². The monoisotopic (exact) mass is 439 g/mol. The average Bonchev–Trinajstić information content (AvgIpc) is 3.22. The number of carbonyl (C=O) groups excluding carboxylic acids is 2. The number of ether oxygens (including phenoxy) is 1. The molecule has 0 bridgehead atoms. The lowest BCUT2D eigenvalue weighted by Gasteiger charge is -2.28. The van der Waals surface area contributed by atoms with Crippen LogP contribution in [0.1, 0.15) is 43.0 Å². The molecule has 0 radical (unpaired) electrons. The molecule has 32 heavy (non-hydrogen) atoms. The SMILES string of the molecule is COCCN(CC(=O)N1N=C(c2ccc(F)cc2)CC1c1ccc(C)cc1)C(=O)C(C)C. The van der Waals surface area contributed by atoms with E-state index in [4.69, 9.17) is 4.74 Å². The number of rotatable bonds is 8. The normalized spacial score (nSPS) is 15.8. The molecule has 2 aromatic carbocycles. The maximum Gasteiger partial charge on any atom is 0.262 e. The third kappa shape index (κ3) is 5.59. The van der Waals surface area contributed by atoms with Crippen LogP contribution in [0.4, 0.5) is 4.39 Å². The Hall–Kier alpha value is -3.06. The van der Waals surface area contributed by atoms with Gasteiger partial charge in [-0.05, 0) is 30.2 Å². The molecule has 1 aliphatic heterocycles. The quantitative estimate of drug-likeness (QED) is 0.626. The second-order valence-corrected chi connectivity index (χ2v) is 8.33. The van der Waals surface area contributed by atoms with Crippen molar-refractivity contribution in [2.75, 3.05) is 26.8 Å². The number of hydrogen-bond acceptors (Lipinski definition) is 4. The van der Waals surface area contributed by atoms with Gasteiger partial charge in [0.2, 0.25) is 5.91 Å². The second kappa shape index (κ2) is 10.5. The summed E-state index contributed by atoms with van der Waals surface area (Å²) in [6, 6.07) is 13.8. The van der Waals surface area contributed by atoms with E-state index in [0.717, 1.165) is 16.7 Å². The van der Waals surface area contributed by atoms with E-state index in [1.807, 2.05) is 45.0 Å². The summed E-state index contributed by atoms with van der Waals surface area (Å²) in [6.45, 7) is 6.22. The van der Waals surface area contributed by atoms with Crippen molar-refractivity contribution in [2.24, 2.45) is 11.0 Å². The Labute approximate surface area is 188 Å². The van der Waals surface area contributed by atoms with E-state index in [9.17, 15) is 14.0 Å². The summed E-state index contributed by atoms with van der Waals surface area (Å²) in [4.78, 5) is 27.5. The Morgan fingerprint density at radius 3 is 2.41 bits per heavy atom. The molecule has 2 amide bonds. The fourth-order valence-electron chi connectivity index (χ4n) is 3.67. The lowest BCUT2D eigenvalue weighted by atomic mass is 9.97. The third-order valence-electron chi connectivity index (χ3n) is 5.50. The zero-order valence-electron chi connectivity index (χ0n) is 19.0. The lowest BCUT2D eigenvalue weighted by molar-refractivity contribution is -0.143. The second-order valence-electron chi connectivity index (χ2n) is 8.33. The number of carbonyl (C=O) groups is 2. The van der Waals surface area contributed by atoms with Crippen LogP contribution in [-0.4, -0.2) is 54.2 Å². The lowest BCUT2D eigenvalue weighted by Crippen LogP contribution is -2.44. The van der Waals surface area contributed by atoms with Crippen molar-refractivity contribution in [3.8, 4) is 0 Å². The van der Waals surface area contributed by atoms with Gasteiger partial charge in [0, 0.05) is 26.0 Å². The highest BCUT2D eigenvalue weighted by atomic mass is 19.1. The van der Waals surface area contributed by atoms with E-state index in [0.29, 0.717) is 25.3 Å². The molecule has 7 heteroatoms. The van der Waals surface area contributed by atoms with Crippen LogP contribution in [0.15, 0.2) is 53.6 Å². The van der Waals surface area contributed by atoms with Gasteiger partial charge in [0.15, 0.2) is 0 Å². The minimum atomic E-state index is -0.323. The summed E-state index contributed by atoms with van der Waals surface area (Å²) in [6.07, 6.45) is 0.511. The molecule has 1 unspecified atom stereocenters. The molecule has 0 aromatic heterocycles. The van der Waals surface area contributed by atoms with E-state index in [1.54, 1.807) is 19.2 Å². The fraction of sp³-hybridized carbons (Fsp3) is 0.400. The zero-order valence-corrected chi connectivity index (χ0v) is 19.0. The van der Waals surface area contributed by atoms with E-state index in [-0.39, 0.29) is 36.1 Å². The van der Waals surface area contributed by atoms with Crippen LogP contribution < -0.4 is 0 Å². The molecular formula is C25H30FN3O3. The molecule has 1 heterocycles. The summed E-state index contributed by atoms with van der Waals surface area (Å²) in [5.41, 5.74) is 3.57. The third-order valence-corrected chi connectivity index (χ3v) is 5.50. The predicted molar refractivity (Wildman–Crippen MR) is 122 cm³/mol. The number of nitrogens with zero attached hydrogens (tertiary/aromatic N) is 3. The first kappa shape index (κ1) is 23.6. The standard InChI is InChI=1S/C25H30FN3O3/c1-17(2)25(31)28(13-14-32-4)16-24(30)29-23(20-7-5-18(3)6-8-20)15-22(27-29)19-9-11-21(26)12-10-19/h5-12,17,23H,13-16H2,1-4H3. The maximum absolute atomic E-state index is 13.4. The minimum absolute atomic E-state index is 0.0804. The number of hydrazone groups is 1. The van der Waals surface area contributed by atoms with Crippen LogP contribution in [-0.2, 0) is 14.3 Å². The van der Waals surface area contributed by atoms with E-state index in [2.05, 4.69) is 5.10 Å². The number of methoxy groups -OCH3 is 1. The van der Waals surface area contributed by atoms with Crippen molar-refractivity contribution in [2.45, 2.75) is 33.2 Å². The van der Waals surface area contributed by atoms with Crippen LogP contribution in [0.2, 0.25) is 0 Å². The van der Waals surface area contributed by atoms with Gasteiger partial charge in [-0.1, -0.05) is 55.8 Å². The van der Waals surface area contributed by atoms with Crippen molar-refractivity contribution in [1.29, 1.82) is 0 Å². The first-order valence-electron chi connectivity index (χ1n) is 10.8. The highest BCUT2D eigenvalue weighted by Crippen LogP contribution is 2.33. The highest BCUT2D eigenvalue weighted by molar-refractivity contribution is 6.03. The van der Waals surface area contributed by atoms with E-state index >= 15 is 0 Å². The summed E-state index contributed by atoms with van der Waals surface area (Å²) in [5.74, 6) is -0.928. The molecule has 170 valence electrons. The largest absolute Gasteiger partial charge is 0.383 e. The first-order chi connectivity index (χ1) is 15.3. The number of aryl methyl sites for hydroxylation is 1. The van der Waals surface area contributed by atoms with Crippen molar-refractivity contribution in [3.05, 3.63) is 71.0 Å². The van der Waals surface area contributed by atoms with Crippen molar-refractivity contribution in [3.63, 3.8) is 0 Å². The van der Waals surface area contributed by atoms with Gasteiger partial charge in [0.1, 0.15) is 12.4 Å². The van der Waals surface area contributed by atoms with Gasteiger partial charge in [-0.2, -0.15) is 5.10 Å². The van der Waals surface area contributed by atoms with E-state index in [1.165, 1.54) is 22.0 Å². The molecule has 3 rings (SSSR count). The van der Waals surface area contributed by atoms with Crippen molar-refractivity contribution < 1.29 is 18.7 Å². The molecule has 6 nitrogen and oxygen atoms in total. The van der Waals surface area contributed by atoms with Crippen molar-refractivity contribution >= 4 is 17.5 Å². The van der Waals surface area contributed by atoms with Crippen molar-refractivity contribution in [1.82, 2.24) is 9.91 Å². The first-order valence-corrected chi connectivity index (χ1v) is 10.8. The van der Waals surface area contributed by atoms with Gasteiger partial charge in [-0.15, -0.1) is 0 Å². The van der Waals surface area contributed by atoms with Crippen LogP contribution in [0.5, 0.6) is 0 Å². The number of benzene rings is 2. The number of hydrogen-bond donors (Lipinski definition) is 0. The molecule has 1 atom stereocenters. The summed E-state index contributed by atoms with van der Waals surface area (Å²) in [5, 5.41) is 6.08. The molecule has 0 aliphatic carbocycles. The predicted octanol–water partition coefficient (Wildman–Crippen LogP) is 3.94. The molecule has 0 saturated heterocycles. The fourth-order valence-corrected chi connectivity index (χ4v) is 3.67. The smallest absolute Gasteiger partial charge is 0.262 e. The van der Waals surface area contributed by atoms with Gasteiger partial charge in [0.25, 0.3) is 5.91 Å². The Morgan fingerprint density at radius 2 is 1.81 bits per heavy atom. The van der Waals surface area contributed by atoms with Gasteiger partial charge < -0.3 is 9.64 Å². The molecule has 1 aliphatic rings. The summed E-state index contributed by atoms with van der Waals surface area (Å²) in [7, 11) is 1.56. The van der Waals surface area contributed by atoms with Crippen LogP contribution in [0.25, 0.3) is 0 Å². The maximum atomic E-state index is 13.4. The molecule has 0 spiro atoms. The Morgan fingerprint density at radius 1 is 1.16 bits per heavy atom. The topological polar surface area (TPSA) is 62.2 Å². The summed E-state index contributed by atoms with van der Waals surface area (Å²) >= 11 is 0. The minimum Gasteiger partial charge on any atom is -0.383 e. The average molecular weight is 440 g/mol. The van der Waals surface area contributed by atoms with Gasteiger partial charge in [-0.3, -0.25) is 9.59 Å². The molecule has 0 saturated carbocycles. The Bertz CT molecular complexity index is 971. The molecule has 0 fully saturated rings. The van der Waals surface area contributed by atoms with Crippen LogP contribution in [0, 0.1) is 18.7 Å². The highest BCUT2D eigenvalue weighted by Gasteiger charge is 2.34. The van der Waals surface area contributed by atoms with Gasteiger partial charge >= 0.3 is 0 Å². The van der Waals surface area contributed by atoms with Crippen LogP contribution >= 0.6 is 0 Å². The molecule has 0 N–H and O–H groups in total. The zero-order chi connectivity index (χ0) is 23.3. The molecule has 2 aromatic rings. The Balaban J connectivity index is 1.89.